The van der Waals surface area contributed by atoms with Crippen molar-refractivity contribution in [2.75, 3.05) is 20.3 Å². The zero-order valence-corrected chi connectivity index (χ0v) is 9.40. The van der Waals surface area contributed by atoms with E-state index in [0.29, 0.717) is 6.54 Å². The van der Waals surface area contributed by atoms with Crippen LogP contribution in [0.3, 0.4) is 0 Å². The van der Waals surface area contributed by atoms with Gasteiger partial charge in [0.05, 0.1) is 0 Å². The average molecular weight is 220 g/mol. The molecule has 1 aromatic rings. The van der Waals surface area contributed by atoms with Crippen LogP contribution in [0.5, 0.6) is 0 Å². The van der Waals surface area contributed by atoms with Gasteiger partial charge in [-0.25, -0.2) is 0 Å². The highest BCUT2D eigenvalue weighted by Crippen LogP contribution is 2.47. The summed E-state index contributed by atoms with van der Waals surface area (Å²) in [4.78, 5) is 15.4. The van der Waals surface area contributed by atoms with E-state index in [9.17, 15) is 4.79 Å². The molecule has 0 spiro atoms. The Kier molecular flexibility index (Phi) is 3.19. The molecule has 1 N–H and O–H groups in total. The van der Waals surface area contributed by atoms with Gasteiger partial charge in [0.15, 0.2) is 0 Å². The van der Waals surface area contributed by atoms with Gasteiger partial charge in [0.1, 0.15) is 6.61 Å². The van der Waals surface area contributed by atoms with Gasteiger partial charge in [-0.15, -0.1) is 0 Å². The van der Waals surface area contributed by atoms with Gasteiger partial charge in [0.25, 0.3) is 0 Å². The first-order valence-corrected chi connectivity index (χ1v) is 5.43. The number of aromatic nitrogens is 1. The fourth-order valence-corrected chi connectivity index (χ4v) is 1.84. The molecule has 1 saturated carbocycles. The third kappa shape index (κ3) is 2.39. The second-order valence-electron chi connectivity index (χ2n) is 4.23. The Morgan fingerprint density at radius 1 is 1.62 bits per heavy atom. The van der Waals surface area contributed by atoms with Gasteiger partial charge >= 0.3 is 0 Å². The van der Waals surface area contributed by atoms with Crippen molar-refractivity contribution in [3.63, 3.8) is 0 Å². The zero-order chi connectivity index (χ0) is 11.4. The monoisotopic (exact) mass is 220 g/mol. The lowest BCUT2D eigenvalue weighted by molar-refractivity contribution is -0.124. The molecule has 4 nitrogen and oxygen atoms in total. The summed E-state index contributed by atoms with van der Waals surface area (Å²) >= 11 is 0. The summed E-state index contributed by atoms with van der Waals surface area (Å²) in [6, 6.07) is 4.01. The number of hydrogen-bond acceptors (Lipinski definition) is 3. The molecule has 16 heavy (non-hydrogen) atoms. The van der Waals surface area contributed by atoms with Crippen LogP contribution in [0.2, 0.25) is 0 Å². The maximum Gasteiger partial charge on any atom is 0.246 e. The number of carbonyl (C=O) groups is 1. The maximum absolute atomic E-state index is 11.3. The standard InChI is InChI=1S/C12H16N2O2/c1-16-8-11(15)14-9-12(4-5-12)10-3-2-6-13-7-10/h2-3,6-7H,4-5,8-9H2,1H3,(H,14,15). The fourth-order valence-electron chi connectivity index (χ4n) is 1.84. The molecular weight excluding hydrogens is 204 g/mol. The SMILES string of the molecule is COCC(=O)NCC1(c2cccnc2)CC1. The average Bonchev–Trinajstić information content (AvgIpc) is 3.09. The molecule has 0 atom stereocenters. The van der Waals surface area contributed by atoms with Crippen molar-refractivity contribution in [3.05, 3.63) is 30.1 Å². The Labute approximate surface area is 95.0 Å². The van der Waals surface area contributed by atoms with Crippen LogP contribution in [0, 0.1) is 0 Å². The van der Waals surface area contributed by atoms with Crippen molar-refractivity contribution >= 4 is 5.91 Å². The first kappa shape index (κ1) is 11.1. The molecular formula is C12H16N2O2. The topological polar surface area (TPSA) is 51.2 Å². The number of nitrogens with zero attached hydrogens (tertiary/aromatic N) is 1. The van der Waals surface area contributed by atoms with Crippen molar-refractivity contribution in [2.45, 2.75) is 18.3 Å². The molecule has 1 heterocycles. The minimum Gasteiger partial charge on any atom is -0.375 e. The van der Waals surface area contributed by atoms with Crippen molar-refractivity contribution in [1.29, 1.82) is 0 Å². The molecule has 0 unspecified atom stereocenters. The predicted molar refractivity (Wildman–Crippen MR) is 60.0 cm³/mol. The number of carbonyl (C=O) groups excluding carboxylic acids is 1. The molecule has 0 saturated heterocycles. The van der Waals surface area contributed by atoms with E-state index >= 15 is 0 Å². The number of hydrogen-bond donors (Lipinski definition) is 1. The Morgan fingerprint density at radius 2 is 2.44 bits per heavy atom. The fraction of sp³-hybridized carbons (Fsp3) is 0.500. The van der Waals surface area contributed by atoms with E-state index in [-0.39, 0.29) is 17.9 Å². The van der Waals surface area contributed by atoms with Crippen molar-refractivity contribution in [3.8, 4) is 0 Å². The van der Waals surface area contributed by atoms with Gasteiger partial charge in [-0.1, -0.05) is 6.07 Å². The Balaban J connectivity index is 1.92. The van der Waals surface area contributed by atoms with Crippen molar-refractivity contribution < 1.29 is 9.53 Å². The number of ether oxygens (including phenoxy) is 1. The molecule has 1 amide bonds. The van der Waals surface area contributed by atoms with Crippen LogP contribution in [-0.2, 0) is 14.9 Å². The lowest BCUT2D eigenvalue weighted by atomic mass is 9.98. The highest BCUT2D eigenvalue weighted by atomic mass is 16.5. The van der Waals surface area contributed by atoms with E-state index in [0.717, 1.165) is 12.8 Å². The number of methoxy groups -OCH3 is 1. The number of rotatable bonds is 5. The molecule has 0 bridgehead atoms. The molecule has 1 aromatic heterocycles. The number of amides is 1. The van der Waals surface area contributed by atoms with Gasteiger partial charge < -0.3 is 10.1 Å². The Hall–Kier alpha value is -1.42. The third-order valence-corrected chi connectivity index (χ3v) is 3.03. The molecule has 0 aromatic carbocycles. The van der Waals surface area contributed by atoms with Gasteiger partial charge in [-0.2, -0.15) is 0 Å². The van der Waals surface area contributed by atoms with Gasteiger partial charge in [0, 0.05) is 31.5 Å². The second kappa shape index (κ2) is 4.61. The Morgan fingerprint density at radius 3 is 3.00 bits per heavy atom. The Bertz CT molecular complexity index is 361. The van der Waals surface area contributed by atoms with Crippen LogP contribution >= 0.6 is 0 Å². The molecule has 4 heteroatoms. The van der Waals surface area contributed by atoms with Gasteiger partial charge in [-0.05, 0) is 24.5 Å². The molecule has 0 aliphatic heterocycles. The highest BCUT2D eigenvalue weighted by molar-refractivity contribution is 5.77. The third-order valence-electron chi connectivity index (χ3n) is 3.03. The van der Waals surface area contributed by atoms with Crippen LogP contribution in [0.4, 0.5) is 0 Å². The quantitative estimate of drug-likeness (QED) is 0.801. The van der Waals surface area contributed by atoms with Crippen molar-refractivity contribution in [1.82, 2.24) is 10.3 Å². The second-order valence-corrected chi connectivity index (χ2v) is 4.23. The van der Waals surface area contributed by atoms with E-state index in [4.69, 9.17) is 4.74 Å². The summed E-state index contributed by atoms with van der Waals surface area (Å²) in [5, 5.41) is 2.89. The normalized spacial score (nSPS) is 16.8. The van der Waals surface area contributed by atoms with E-state index in [1.54, 1.807) is 6.20 Å². The first-order valence-electron chi connectivity index (χ1n) is 5.43. The predicted octanol–water partition coefficient (Wildman–Crippen LogP) is 0.876. The van der Waals surface area contributed by atoms with E-state index in [1.807, 2.05) is 12.3 Å². The smallest absolute Gasteiger partial charge is 0.246 e. The van der Waals surface area contributed by atoms with Crippen LogP contribution in [0.15, 0.2) is 24.5 Å². The van der Waals surface area contributed by atoms with Crippen LogP contribution in [-0.4, -0.2) is 31.2 Å². The summed E-state index contributed by atoms with van der Waals surface area (Å²) < 4.78 is 4.77. The summed E-state index contributed by atoms with van der Waals surface area (Å²) in [6.07, 6.45) is 5.89. The van der Waals surface area contributed by atoms with Crippen LogP contribution in [0.1, 0.15) is 18.4 Å². The van der Waals surface area contributed by atoms with Crippen LogP contribution < -0.4 is 5.32 Å². The molecule has 86 valence electrons. The first-order chi connectivity index (χ1) is 7.77. The summed E-state index contributed by atoms with van der Waals surface area (Å²) in [5.41, 5.74) is 1.34. The zero-order valence-electron chi connectivity index (χ0n) is 9.40. The number of pyridine rings is 1. The largest absolute Gasteiger partial charge is 0.375 e. The van der Waals surface area contributed by atoms with Crippen LogP contribution in [0.25, 0.3) is 0 Å². The van der Waals surface area contributed by atoms with E-state index < -0.39 is 0 Å². The lowest BCUT2D eigenvalue weighted by Crippen LogP contribution is -2.34. The summed E-state index contributed by atoms with van der Waals surface area (Å²) in [7, 11) is 1.52. The number of nitrogens with one attached hydrogen (secondary N) is 1. The molecule has 2 rings (SSSR count). The minimum absolute atomic E-state index is 0.0577. The summed E-state index contributed by atoms with van der Waals surface area (Å²) in [5.74, 6) is -0.0577. The minimum atomic E-state index is -0.0577. The summed E-state index contributed by atoms with van der Waals surface area (Å²) in [6.45, 7) is 0.810. The van der Waals surface area contributed by atoms with E-state index in [1.165, 1.54) is 12.7 Å². The molecule has 0 radical (unpaired) electrons. The van der Waals surface area contributed by atoms with E-state index in [2.05, 4.69) is 16.4 Å². The lowest BCUT2D eigenvalue weighted by Gasteiger charge is -2.15. The van der Waals surface area contributed by atoms with Gasteiger partial charge in [-0.3, -0.25) is 9.78 Å². The molecule has 1 fully saturated rings. The highest BCUT2D eigenvalue weighted by Gasteiger charge is 2.44. The van der Waals surface area contributed by atoms with Crippen molar-refractivity contribution in [2.24, 2.45) is 0 Å². The maximum atomic E-state index is 11.3. The van der Waals surface area contributed by atoms with Gasteiger partial charge in [0.2, 0.25) is 5.91 Å². The molecule has 1 aliphatic rings. The molecule has 1 aliphatic carbocycles.